The number of aliphatic hydroxyl groups excluding tert-OH is 1. The Labute approximate surface area is 209 Å². The molecule has 4 aliphatic rings. The minimum Gasteiger partial charge on any atom is -0.393 e. The van der Waals surface area contributed by atoms with Crippen LogP contribution in [0.25, 0.3) is 16.3 Å². The molecular weight excluding hydrogens is 439 g/mol. The molecule has 0 aliphatic heterocycles. The monoisotopic (exact) mass is 480 g/mol. The van der Waals surface area contributed by atoms with E-state index in [1.807, 2.05) is 32.6 Å². The summed E-state index contributed by atoms with van der Waals surface area (Å²) in [6.07, 6.45) is 11.9. The van der Waals surface area contributed by atoms with Crippen molar-refractivity contribution in [2.45, 2.75) is 82.1 Å². The lowest BCUT2D eigenvalue weighted by Crippen LogP contribution is -2.62. The van der Waals surface area contributed by atoms with Gasteiger partial charge in [0.05, 0.1) is 6.10 Å². The molecule has 3 fully saturated rings. The molecule has 190 valence electrons. The van der Waals surface area contributed by atoms with Gasteiger partial charge in [-0.05, 0) is 118 Å². The summed E-state index contributed by atoms with van der Waals surface area (Å²) in [6.45, 7) is 2.26. The van der Waals surface area contributed by atoms with Crippen LogP contribution < -0.4 is 5.32 Å². The number of hydrogen-bond acceptors (Lipinski definition) is 4. The van der Waals surface area contributed by atoms with Gasteiger partial charge in [-0.1, -0.05) is 25.1 Å². The van der Waals surface area contributed by atoms with Gasteiger partial charge in [-0.25, -0.2) is 4.39 Å². The second-order valence-corrected chi connectivity index (χ2v) is 11.9. The fourth-order valence-corrected chi connectivity index (χ4v) is 8.06. The van der Waals surface area contributed by atoms with Gasteiger partial charge in [0.1, 0.15) is 11.3 Å². The lowest BCUT2D eigenvalue weighted by Gasteiger charge is -2.56. The first-order valence-electron chi connectivity index (χ1n) is 13.5. The molecule has 0 spiro atoms. The molecule has 5 heteroatoms. The molecule has 0 bridgehead atoms. The van der Waals surface area contributed by atoms with E-state index in [2.05, 4.69) is 41.5 Å². The van der Waals surface area contributed by atoms with Gasteiger partial charge in [0, 0.05) is 23.7 Å². The predicted molar refractivity (Wildman–Crippen MR) is 140 cm³/mol. The average Bonchev–Trinajstić information content (AvgIpc) is 3.14. The highest BCUT2D eigenvalue weighted by atomic mass is 19.1. The molecule has 2 aromatic rings. The zero-order valence-electron chi connectivity index (χ0n) is 21.4. The third-order valence-corrected chi connectivity index (χ3v) is 9.88. The Kier molecular flexibility index (Phi) is 6.56. The number of pyridine rings is 1. The largest absolute Gasteiger partial charge is 0.393 e. The number of alkyl halides is 1. The molecule has 0 radical (unpaired) electrons. The van der Waals surface area contributed by atoms with Crippen LogP contribution in [0.3, 0.4) is 0 Å². The second-order valence-electron chi connectivity index (χ2n) is 11.9. The molecule has 3 N–H and O–H groups in total. The number of nitrogens with one attached hydrogen (secondary N) is 1. The number of aliphatic hydroxyl groups is 2. The van der Waals surface area contributed by atoms with Crippen molar-refractivity contribution in [2.75, 3.05) is 14.1 Å². The van der Waals surface area contributed by atoms with Gasteiger partial charge in [-0.15, -0.1) is 0 Å². The minimum atomic E-state index is -1.55. The first-order valence-corrected chi connectivity index (χ1v) is 13.5. The molecule has 6 rings (SSSR count). The van der Waals surface area contributed by atoms with Crippen molar-refractivity contribution < 1.29 is 14.6 Å². The summed E-state index contributed by atoms with van der Waals surface area (Å²) in [7, 11) is 3.75. The maximum atomic E-state index is 16.7. The van der Waals surface area contributed by atoms with Crippen molar-refractivity contribution in [2.24, 2.45) is 23.2 Å². The van der Waals surface area contributed by atoms with E-state index in [0.717, 1.165) is 42.9 Å². The fraction of sp³-hybridized carbons (Fsp3) is 0.633. The number of benzene rings is 1. The molecule has 3 saturated carbocycles. The van der Waals surface area contributed by atoms with E-state index in [-0.39, 0.29) is 23.4 Å². The number of hydrogen-bond donors (Lipinski definition) is 3. The summed E-state index contributed by atoms with van der Waals surface area (Å²) >= 11 is 0. The zero-order valence-corrected chi connectivity index (χ0v) is 21.4. The highest BCUT2D eigenvalue weighted by Crippen LogP contribution is 2.66. The summed E-state index contributed by atoms with van der Waals surface area (Å²) in [5.74, 6) is 0.543. The fourth-order valence-electron chi connectivity index (χ4n) is 8.06. The summed E-state index contributed by atoms with van der Waals surface area (Å²) in [5.41, 5.74) is -0.601. The Hall–Kier alpha value is -1.82. The van der Waals surface area contributed by atoms with E-state index in [1.165, 1.54) is 11.1 Å². The Balaban J connectivity index is 0.000000806. The van der Waals surface area contributed by atoms with Crippen LogP contribution in [0, 0.1) is 23.2 Å². The number of allylic oxidation sites excluding steroid dienone is 2. The molecule has 35 heavy (non-hydrogen) atoms. The van der Waals surface area contributed by atoms with Crippen molar-refractivity contribution in [3.63, 3.8) is 0 Å². The zero-order chi connectivity index (χ0) is 24.8. The maximum Gasteiger partial charge on any atom is 0.140 e. The summed E-state index contributed by atoms with van der Waals surface area (Å²) in [5, 5.41) is 27.4. The van der Waals surface area contributed by atoms with Crippen LogP contribution in [0.2, 0.25) is 0 Å². The molecule has 7 atom stereocenters. The molecule has 6 unspecified atom stereocenters. The van der Waals surface area contributed by atoms with E-state index in [4.69, 9.17) is 0 Å². The molecule has 4 aliphatic carbocycles. The van der Waals surface area contributed by atoms with E-state index >= 15 is 4.39 Å². The van der Waals surface area contributed by atoms with E-state index in [1.54, 1.807) is 0 Å². The number of rotatable bonds is 1. The Bertz CT molecular complexity index is 1100. The number of fused-ring (bicyclic) bond motifs is 5. The van der Waals surface area contributed by atoms with Crippen LogP contribution in [0.15, 0.2) is 42.7 Å². The van der Waals surface area contributed by atoms with Crippen molar-refractivity contribution in [1.82, 2.24) is 10.3 Å². The SMILES string of the molecule is CC12CCC3(F)CC4CC(O)CCC4CC[C@]3(O)C1CC=C2c1ccc2cnccc2c1.CNC. The lowest BCUT2D eigenvalue weighted by atomic mass is 9.53. The smallest absolute Gasteiger partial charge is 0.140 e. The van der Waals surface area contributed by atoms with Gasteiger partial charge < -0.3 is 15.5 Å². The van der Waals surface area contributed by atoms with Crippen molar-refractivity contribution >= 4 is 16.3 Å². The van der Waals surface area contributed by atoms with Gasteiger partial charge in [-0.2, -0.15) is 0 Å². The Morgan fingerprint density at radius 1 is 1.03 bits per heavy atom. The topological polar surface area (TPSA) is 65.4 Å². The van der Waals surface area contributed by atoms with Crippen LogP contribution in [0.5, 0.6) is 0 Å². The normalized spacial score (nSPS) is 40.5. The van der Waals surface area contributed by atoms with Crippen LogP contribution in [-0.2, 0) is 0 Å². The van der Waals surface area contributed by atoms with Gasteiger partial charge in [0.2, 0.25) is 0 Å². The van der Waals surface area contributed by atoms with Crippen LogP contribution in [0.1, 0.15) is 70.3 Å². The molecule has 1 heterocycles. The van der Waals surface area contributed by atoms with Gasteiger partial charge in [0.15, 0.2) is 0 Å². The quantitative estimate of drug-likeness (QED) is 0.492. The average molecular weight is 481 g/mol. The number of aromatic nitrogens is 1. The van der Waals surface area contributed by atoms with Crippen LogP contribution in [0.4, 0.5) is 4.39 Å². The summed E-state index contributed by atoms with van der Waals surface area (Å²) < 4.78 is 16.7. The van der Waals surface area contributed by atoms with Crippen molar-refractivity contribution in [1.29, 1.82) is 0 Å². The Morgan fingerprint density at radius 2 is 1.83 bits per heavy atom. The highest BCUT2D eigenvalue weighted by Gasteiger charge is 2.66. The third-order valence-electron chi connectivity index (χ3n) is 9.88. The first-order chi connectivity index (χ1) is 16.7. The predicted octanol–water partition coefficient (Wildman–Crippen LogP) is 5.67. The van der Waals surface area contributed by atoms with Crippen LogP contribution >= 0.6 is 0 Å². The third kappa shape index (κ3) is 4.04. The summed E-state index contributed by atoms with van der Waals surface area (Å²) in [4.78, 5) is 4.22. The summed E-state index contributed by atoms with van der Waals surface area (Å²) in [6, 6.07) is 8.54. The number of halogens is 1. The minimum absolute atomic E-state index is 0.0954. The lowest BCUT2D eigenvalue weighted by molar-refractivity contribution is -0.195. The molecule has 1 aromatic heterocycles. The standard InChI is InChI=1S/C28H34FNO2.C2H7N/c1-26-11-12-27(29)16-22-15-23(31)5-4-18(22)8-10-28(27,32)25(26)7-6-24(26)20-2-3-21-17-30-13-9-19(21)14-20;1-3-2/h2-3,6,9,13-14,17-18,22-23,25,31-32H,4-5,7-8,10-12,15-16H2,1H3;3H,1-2H3/t18?,22?,23?,25?,26?,27?,28-;/m0./s1. The molecule has 0 amide bonds. The number of nitrogens with zero attached hydrogens (tertiary/aromatic N) is 1. The maximum absolute atomic E-state index is 16.7. The van der Waals surface area contributed by atoms with E-state index in [9.17, 15) is 10.2 Å². The second kappa shape index (κ2) is 9.24. The molecular formula is C30H41FN2O2. The van der Waals surface area contributed by atoms with Gasteiger partial charge >= 0.3 is 0 Å². The van der Waals surface area contributed by atoms with Gasteiger partial charge in [-0.3, -0.25) is 4.98 Å². The molecule has 4 nitrogen and oxygen atoms in total. The van der Waals surface area contributed by atoms with E-state index in [0.29, 0.717) is 31.6 Å². The first kappa shape index (κ1) is 24.9. The van der Waals surface area contributed by atoms with Gasteiger partial charge in [0.25, 0.3) is 0 Å². The molecule has 1 aromatic carbocycles. The Morgan fingerprint density at radius 3 is 2.63 bits per heavy atom. The van der Waals surface area contributed by atoms with Crippen molar-refractivity contribution in [3.05, 3.63) is 48.3 Å². The highest BCUT2D eigenvalue weighted by molar-refractivity contribution is 5.87. The van der Waals surface area contributed by atoms with E-state index < -0.39 is 11.3 Å². The van der Waals surface area contributed by atoms with Crippen LogP contribution in [-0.4, -0.2) is 46.7 Å². The van der Waals surface area contributed by atoms with Crippen molar-refractivity contribution in [3.8, 4) is 0 Å². The molecule has 0 saturated heterocycles.